The Balaban J connectivity index is 2.81. The highest BCUT2D eigenvalue weighted by atomic mass is 79.9. The summed E-state index contributed by atoms with van der Waals surface area (Å²) in [6.07, 6.45) is -1.03. The summed E-state index contributed by atoms with van der Waals surface area (Å²) in [4.78, 5) is 0. The summed E-state index contributed by atoms with van der Waals surface area (Å²) < 4.78 is 32.0. The predicted octanol–water partition coefficient (Wildman–Crippen LogP) is 3.19. The number of hydrogen-bond donors (Lipinski definition) is 1. The van der Waals surface area contributed by atoms with Gasteiger partial charge < -0.3 is 9.84 Å². The number of halogens is 3. The first-order valence-corrected chi connectivity index (χ1v) is 5.76. The molecule has 1 aromatic rings. The summed E-state index contributed by atoms with van der Waals surface area (Å²) in [5.74, 6) is -1.51. The van der Waals surface area contributed by atoms with Crippen molar-refractivity contribution in [2.75, 3.05) is 13.2 Å². The summed E-state index contributed by atoms with van der Waals surface area (Å²) in [5.41, 5.74) is -0.311. The van der Waals surface area contributed by atoms with Gasteiger partial charge in [0.2, 0.25) is 0 Å². The van der Waals surface area contributed by atoms with Crippen LogP contribution in [-0.2, 0) is 4.74 Å². The average molecular weight is 295 g/mol. The third-order valence-corrected chi connectivity index (χ3v) is 2.76. The van der Waals surface area contributed by atoms with Gasteiger partial charge >= 0.3 is 0 Å². The number of aliphatic hydroxyl groups excluding tert-OH is 1. The van der Waals surface area contributed by atoms with Crippen molar-refractivity contribution in [1.29, 1.82) is 0 Å². The summed E-state index contributed by atoms with van der Waals surface area (Å²) in [6.45, 7) is 2.59. The van der Waals surface area contributed by atoms with E-state index >= 15 is 0 Å². The third-order valence-electron chi connectivity index (χ3n) is 2.15. The fourth-order valence-corrected chi connectivity index (χ4v) is 1.68. The molecule has 1 aromatic carbocycles. The molecule has 2 nitrogen and oxygen atoms in total. The van der Waals surface area contributed by atoms with E-state index in [9.17, 15) is 13.9 Å². The molecule has 0 bridgehead atoms. The van der Waals surface area contributed by atoms with Crippen LogP contribution in [0.5, 0.6) is 0 Å². The zero-order valence-corrected chi connectivity index (χ0v) is 10.4. The van der Waals surface area contributed by atoms with Gasteiger partial charge in [-0.25, -0.2) is 8.78 Å². The van der Waals surface area contributed by atoms with Crippen molar-refractivity contribution in [3.8, 4) is 0 Å². The molecule has 5 heteroatoms. The Morgan fingerprint density at radius 3 is 2.75 bits per heavy atom. The lowest BCUT2D eigenvalue weighted by atomic mass is 10.1. The van der Waals surface area contributed by atoms with E-state index in [0.29, 0.717) is 6.61 Å². The molecule has 0 radical (unpaired) electrons. The van der Waals surface area contributed by atoms with Crippen molar-refractivity contribution in [2.24, 2.45) is 0 Å². The molecule has 0 saturated carbocycles. The van der Waals surface area contributed by atoms with Gasteiger partial charge in [-0.05, 0) is 35.0 Å². The minimum Gasteiger partial charge on any atom is -0.388 e. The van der Waals surface area contributed by atoms with Crippen LogP contribution < -0.4 is 0 Å². The summed E-state index contributed by atoms with van der Waals surface area (Å²) in [6, 6.07) is 2.38. The number of benzene rings is 1. The van der Waals surface area contributed by atoms with E-state index in [1.54, 1.807) is 0 Å². The molecule has 0 amide bonds. The van der Waals surface area contributed by atoms with Crippen molar-refractivity contribution in [1.82, 2.24) is 0 Å². The van der Waals surface area contributed by atoms with Crippen molar-refractivity contribution in [2.45, 2.75) is 19.4 Å². The Morgan fingerprint density at radius 2 is 2.12 bits per heavy atom. The molecule has 0 aliphatic heterocycles. The first kappa shape index (κ1) is 13.5. The van der Waals surface area contributed by atoms with Gasteiger partial charge in [0.25, 0.3) is 0 Å². The lowest BCUT2D eigenvalue weighted by Gasteiger charge is -2.13. The van der Waals surface area contributed by atoms with Gasteiger partial charge in [0.15, 0.2) is 0 Å². The number of aliphatic hydroxyl groups is 1. The molecular weight excluding hydrogens is 282 g/mol. The van der Waals surface area contributed by atoms with Crippen LogP contribution in [0.1, 0.15) is 25.0 Å². The molecule has 16 heavy (non-hydrogen) atoms. The van der Waals surface area contributed by atoms with Crippen LogP contribution in [0.3, 0.4) is 0 Å². The van der Waals surface area contributed by atoms with Gasteiger partial charge in [-0.1, -0.05) is 0 Å². The number of hydrogen-bond acceptors (Lipinski definition) is 2. The standard InChI is InChI=1S/C11H13BrF2O2/c1-2-16-6-5-9(15)10-8(13)4-3-7(12)11(10)14/h3-4,9,15H,2,5-6H2,1H3. The van der Waals surface area contributed by atoms with Crippen molar-refractivity contribution < 1.29 is 18.6 Å². The second-order valence-corrected chi connectivity index (χ2v) is 4.11. The van der Waals surface area contributed by atoms with Gasteiger partial charge in [-0.3, -0.25) is 0 Å². The molecule has 0 spiro atoms. The maximum Gasteiger partial charge on any atom is 0.146 e. The quantitative estimate of drug-likeness (QED) is 0.668. The lowest BCUT2D eigenvalue weighted by molar-refractivity contribution is 0.0849. The van der Waals surface area contributed by atoms with Crippen LogP contribution in [-0.4, -0.2) is 18.3 Å². The Labute approximate surface area is 101 Å². The molecule has 0 saturated heterocycles. The Hall–Kier alpha value is -0.520. The fourth-order valence-electron chi connectivity index (χ4n) is 1.33. The molecule has 1 unspecified atom stereocenters. The number of rotatable bonds is 5. The van der Waals surface area contributed by atoms with Gasteiger partial charge in [0.05, 0.1) is 16.1 Å². The molecular formula is C11H13BrF2O2. The Kier molecular flexibility index (Phi) is 5.31. The van der Waals surface area contributed by atoms with Crippen LogP contribution in [0.25, 0.3) is 0 Å². The maximum atomic E-state index is 13.5. The maximum absolute atomic E-state index is 13.5. The Morgan fingerprint density at radius 1 is 1.44 bits per heavy atom. The second kappa shape index (κ2) is 6.27. The molecule has 1 N–H and O–H groups in total. The molecule has 0 fully saturated rings. The molecule has 90 valence electrons. The largest absolute Gasteiger partial charge is 0.388 e. The van der Waals surface area contributed by atoms with Gasteiger partial charge in [0.1, 0.15) is 11.6 Å². The smallest absolute Gasteiger partial charge is 0.146 e. The van der Waals surface area contributed by atoms with E-state index < -0.39 is 17.7 Å². The predicted molar refractivity (Wildman–Crippen MR) is 60.1 cm³/mol. The van der Waals surface area contributed by atoms with E-state index in [4.69, 9.17) is 4.74 Å². The van der Waals surface area contributed by atoms with Gasteiger partial charge in [-0.2, -0.15) is 0 Å². The van der Waals surface area contributed by atoms with Crippen molar-refractivity contribution >= 4 is 15.9 Å². The van der Waals surface area contributed by atoms with E-state index in [0.717, 1.165) is 6.07 Å². The molecule has 0 aromatic heterocycles. The lowest BCUT2D eigenvalue weighted by Crippen LogP contribution is -2.08. The molecule has 1 atom stereocenters. The van der Waals surface area contributed by atoms with Crippen molar-refractivity contribution in [3.63, 3.8) is 0 Å². The van der Waals surface area contributed by atoms with Crippen LogP contribution in [0.15, 0.2) is 16.6 Å². The number of ether oxygens (including phenoxy) is 1. The summed E-state index contributed by atoms with van der Waals surface area (Å²) in [7, 11) is 0. The minimum absolute atomic E-state index is 0.138. The highest BCUT2D eigenvalue weighted by Gasteiger charge is 2.19. The molecule has 0 aliphatic carbocycles. The first-order chi connectivity index (χ1) is 7.57. The van der Waals surface area contributed by atoms with E-state index in [1.165, 1.54) is 6.07 Å². The van der Waals surface area contributed by atoms with E-state index in [-0.39, 0.29) is 23.1 Å². The van der Waals surface area contributed by atoms with Crippen LogP contribution in [0.4, 0.5) is 8.78 Å². The molecule has 1 rings (SSSR count). The highest BCUT2D eigenvalue weighted by molar-refractivity contribution is 9.10. The van der Waals surface area contributed by atoms with E-state index in [2.05, 4.69) is 15.9 Å². The summed E-state index contributed by atoms with van der Waals surface area (Å²) in [5, 5.41) is 9.65. The zero-order chi connectivity index (χ0) is 12.1. The highest BCUT2D eigenvalue weighted by Crippen LogP contribution is 2.28. The van der Waals surface area contributed by atoms with Crippen LogP contribution in [0, 0.1) is 11.6 Å². The average Bonchev–Trinajstić information content (AvgIpc) is 2.24. The summed E-state index contributed by atoms with van der Waals surface area (Å²) >= 11 is 2.95. The monoisotopic (exact) mass is 294 g/mol. The second-order valence-electron chi connectivity index (χ2n) is 3.26. The topological polar surface area (TPSA) is 29.5 Å². The zero-order valence-electron chi connectivity index (χ0n) is 8.84. The first-order valence-electron chi connectivity index (χ1n) is 4.97. The van der Waals surface area contributed by atoms with Crippen LogP contribution in [0.2, 0.25) is 0 Å². The minimum atomic E-state index is -1.19. The van der Waals surface area contributed by atoms with Crippen LogP contribution >= 0.6 is 15.9 Å². The fraction of sp³-hybridized carbons (Fsp3) is 0.455. The normalized spacial score (nSPS) is 12.8. The van der Waals surface area contributed by atoms with Gasteiger partial charge in [0, 0.05) is 19.6 Å². The SMILES string of the molecule is CCOCCC(O)c1c(F)ccc(Br)c1F. The van der Waals surface area contributed by atoms with Crippen molar-refractivity contribution in [3.05, 3.63) is 33.8 Å². The molecule has 0 heterocycles. The Bertz CT molecular complexity index is 358. The third kappa shape index (κ3) is 3.23. The van der Waals surface area contributed by atoms with Gasteiger partial charge in [-0.15, -0.1) is 0 Å². The van der Waals surface area contributed by atoms with E-state index in [1.807, 2.05) is 6.92 Å². The molecule has 0 aliphatic rings.